The van der Waals surface area contributed by atoms with Crippen molar-refractivity contribution < 1.29 is 4.74 Å². The summed E-state index contributed by atoms with van der Waals surface area (Å²) in [6.45, 7) is 9.00. The van der Waals surface area contributed by atoms with Crippen LogP contribution in [0.1, 0.15) is 37.0 Å². The Morgan fingerprint density at radius 3 is 2.90 bits per heavy atom. The second-order valence-electron chi connectivity index (χ2n) is 5.55. The van der Waals surface area contributed by atoms with Crippen LogP contribution in [0.5, 0.6) is 5.75 Å². The van der Waals surface area contributed by atoms with Gasteiger partial charge in [0.2, 0.25) is 0 Å². The molecule has 0 aliphatic heterocycles. The number of hydrogen-bond acceptors (Lipinski definition) is 4. The number of benzene rings is 1. The highest BCUT2D eigenvalue weighted by Gasteiger charge is 2.02. The van der Waals surface area contributed by atoms with E-state index in [9.17, 15) is 0 Å². The van der Waals surface area contributed by atoms with Crippen LogP contribution in [-0.2, 0) is 19.6 Å². The van der Waals surface area contributed by atoms with Gasteiger partial charge in [0.15, 0.2) is 0 Å². The molecular formula is C17H24N2OS. The Bertz CT molecular complexity index is 551. The number of ether oxygens (including phenoxy) is 1. The van der Waals surface area contributed by atoms with E-state index in [4.69, 9.17) is 4.74 Å². The molecule has 4 heteroatoms. The first-order chi connectivity index (χ1) is 10.2. The minimum Gasteiger partial charge on any atom is -0.487 e. The predicted molar refractivity (Wildman–Crippen MR) is 88.8 cm³/mol. The third-order valence-electron chi connectivity index (χ3n) is 3.07. The summed E-state index contributed by atoms with van der Waals surface area (Å²) < 4.78 is 5.83. The number of nitrogens with zero attached hydrogens (tertiary/aromatic N) is 1. The van der Waals surface area contributed by atoms with Crippen molar-refractivity contribution in [3.05, 3.63) is 45.9 Å². The van der Waals surface area contributed by atoms with E-state index in [0.29, 0.717) is 12.5 Å². The van der Waals surface area contributed by atoms with Crippen molar-refractivity contribution in [1.82, 2.24) is 10.3 Å². The van der Waals surface area contributed by atoms with Crippen molar-refractivity contribution in [3.63, 3.8) is 0 Å². The normalized spacial score (nSPS) is 11.0. The summed E-state index contributed by atoms with van der Waals surface area (Å²) in [6, 6.07) is 8.26. The first kappa shape index (κ1) is 16.0. The predicted octanol–water partition coefficient (Wildman–Crippen LogP) is 4.03. The number of aromatic nitrogens is 1. The summed E-state index contributed by atoms with van der Waals surface area (Å²) in [7, 11) is 0. The van der Waals surface area contributed by atoms with E-state index in [0.717, 1.165) is 31.0 Å². The van der Waals surface area contributed by atoms with Gasteiger partial charge in [-0.15, -0.1) is 11.3 Å². The average molecular weight is 304 g/mol. The lowest BCUT2D eigenvalue weighted by Crippen LogP contribution is -2.18. The highest BCUT2D eigenvalue weighted by atomic mass is 32.1. The molecule has 21 heavy (non-hydrogen) atoms. The number of nitrogens with one attached hydrogen (secondary N) is 1. The van der Waals surface area contributed by atoms with Crippen LogP contribution in [0.25, 0.3) is 0 Å². The van der Waals surface area contributed by atoms with Gasteiger partial charge < -0.3 is 10.1 Å². The summed E-state index contributed by atoms with van der Waals surface area (Å²) in [5.74, 6) is 1.58. The van der Waals surface area contributed by atoms with Crippen molar-refractivity contribution in [2.45, 2.75) is 40.3 Å². The van der Waals surface area contributed by atoms with Crippen LogP contribution >= 0.6 is 11.3 Å². The molecule has 1 aromatic carbocycles. The first-order valence-corrected chi connectivity index (χ1v) is 8.41. The molecule has 1 heterocycles. The fourth-order valence-electron chi connectivity index (χ4n) is 1.99. The highest BCUT2D eigenvalue weighted by molar-refractivity contribution is 7.09. The lowest BCUT2D eigenvalue weighted by atomic mass is 10.2. The van der Waals surface area contributed by atoms with Crippen LogP contribution in [0.2, 0.25) is 0 Å². The molecule has 0 amide bonds. The van der Waals surface area contributed by atoms with Crippen molar-refractivity contribution in [1.29, 1.82) is 0 Å². The molecule has 0 aliphatic rings. The van der Waals surface area contributed by atoms with Crippen molar-refractivity contribution in [2.75, 3.05) is 6.54 Å². The maximum absolute atomic E-state index is 5.83. The van der Waals surface area contributed by atoms with E-state index in [-0.39, 0.29) is 0 Å². The molecule has 3 nitrogen and oxygen atoms in total. The molecular weight excluding hydrogens is 280 g/mol. The molecule has 0 saturated carbocycles. The number of hydrogen-bond donors (Lipinski definition) is 1. The standard InChI is InChI=1S/C17H24N2OS/c1-4-17-19-15(12-21-17)11-20-16-7-5-6-14(8-16)10-18-9-13(2)3/h5-8,12-13,18H,4,9-11H2,1-3H3. The van der Waals surface area contributed by atoms with Gasteiger partial charge in [-0.2, -0.15) is 0 Å². The van der Waals surface area contributed by atoms with Gasteiger partial charge in [0.1, 0.15) is 12.4 Å². The summed E-state index contributed by atoms with van der Waals surface area (Å²) in [6.07, 6.45) is 0.988. The number of rotatable bonds is 8. The van der Waals surface area contributed by atoms with Gasteiger partial charge in [-0.3, -0.25) is 0 Å². The zero-order chi connectivity index (χ0) is 15.1. The van der Waals surface area contributed by atoms with Crippen LogP contribution in [0.15, 0.2) is 29.6 Å². The zero-order valence-electron chi connectivity index (χ0n) is 13.1. The Morgan fingerprint density at radius 1 is 1.33 bits per heavy atom. The summed E-state index contributed by atoms with van der Waals surface area (Å²) in [4.78, 5) is 4.52. The Balaban J connectivity index is 1.85. The monoisotopic (exact) mass is 304 g/mol. The first-order valence-electron chi connectivity index (χ1n) is 7.53. The molecule has 1 aromatic heterocycles. The maximum Gasteiger partial charge on any atom is 0.131 e. The molecule has 0 bridgehead atoms. The van der Waals surface area contributed by atoms with E-state index in [1.807, 2.05) is 12.1 Å². The van der Waals surface area contributed by atoms with Crippen LogP contribution in [-0.4, -0.2) is 11.5 Å². The van der Waals surface area contributed by atoms with E-state index in [2.05, 4.69) is 48.6 Å². The second-order valence-corrected chi connectivity index (χ2v) is 6.49. The van der Waals surface area contributed by atoms with Gasteiger partial charge in [-0.1, -0.05) is 32.9 Å². The van der Waals surface area contributed by atoms with E-state index < -0.39 is 0 Å². The largest absolute Gasteiger partial charge is 0.487 e. The molecule has 0 atom stereocenters. The molecule has 0 fully saturated rings. The fraction of sp³-hybridized carbons (Fsp3) is 0.471. The molecule has 0 spiro atoms. The van der Waals surface area contributed by atoms with Crippen molar-refractivity contribution in [2.24, 2.45) is 5.92 Å². The van der Waals surface area contributed by atoms with Crippen molar-refractivity contribution >= 4 is 11.3 Å². The van der Waals surface area contributed by atoms with Crippen LogP contribution in [0.3, 0.4) is 0 Å². The smallest absolute Gasteiger partial charge is 0.131 e. The molecule has 0 radical (unpaired) electrons. The van der Waals surface area contributed by atoms with Gasteiger partial charge in [0, 0.05) is 11.9 Å². The third-order valence-corrected chi connectivity index (χ3v) is 4.11. The second kappa shape index (κ2) is 8.15. The molecule has 0 aliphatic carbocycles. The minimum absolute atomic E-state index is 0.541. The van der Waals surface area contributed by atoms with Gasteiger partial charge in [-0.25, -0.2) is 4.98 Å². The highest BCUT2D eigenvalue weighted by Crippen LogP contribution is 2.16. The quantitative estimate of drug-likeness (QED) is 0.799. The SMILES string of the molecule is CCc1nc(COc2cccc(CNCC(C)C)c2)cs1. The van der Waals surface area contributed by atoms with E-state index in [1.54, 1.807) is 11.3 Å². The Kier molecular flexibility index (Phi) is 6.21. The van der Waals surface area contributed by atoms with Gasteiger partial charge in [-0.05, 0) is 36.6 Å². The summed E-state index contributed by atoms with van der Waals surface area (Å²) >= 11 is 1.70. The van der Waals surface area contributed by atoms with Crippen LogP contribution in [0, 0.1) is 5.92 Å². The minimum atomic E-state index is 0.541. The zero-order valence-corrected chi connectivity index (χ0v) is 13.9. The van der Waals surface area contributed by atoms with Gasteiger partial charge in [0.05, 0.1) is 10.7 Å². The molecule has 2 rings (SSSR count). The summed E-state index contributed by atoms with van der Waals surface area (Å²) in [5, 5.41) is 6.69. The topological polar surface area (TPSA) is 34.1 Å². The van der Waals surface area contributed by atoms with E-state index >= 15 is 0 Å². The molecule has 114 valence electrons. The number of aryl methyl sites for hydroxylation is 1. The third kappa shape index (κ3) is 5.48. The lowest BCUT2D eigenvalue weighted by molar-refractivity contribution is 0.301. The fourth-order valence-corrected chi connectivity index (χ4v) is 2.71. The average Bonchev–Trinajstić information content (AvgIpc) is 2.93. The number of thiazole rings is 1. The maximum atomic E-state index is 5.83. The molecule has 2 aromatic rings. The van der Waals surface area contributed by atoms with E-state index in [1.165, 1.54) is 10.6 Å². The van der Waals surface area contributed by atoms with Gasteiger partial charge in [0.25, 0.3) is 0 Å². The van der Waals surface area contributed by atoms with Gasteiger partial charge >= 0.3 is 0 Å². The Hall–Kier alpha value is -1.39. The van der Waals surface area contributed by atoms with Crippen LogP contribution in [0.4, 0.5) is 0 Å². The Labute approximate surface area is 131 Å². The molecule has 0 unspecified atom stereocenters. The summed E-state index contributed by atoms with van der Waals surface area (Å²) in [5.41, 5.74) is 2.26. The lowest BCUT2D eigenvalue weighted by Gasteiger charge is -2.09. The molecule has 1 N–H and O–H groups in total. The van der Waals surface area contributed by atoms with Crippen LogP contribution < -0.4 is 10.1 Å². The van der Waals surface area contributed by atoms with Crippen molar-refractivity contribution in [3.8, 4) is 5.75 Å². The Morgan fingerprint density at radius 2 is 2.19 bits per heavy atom. The molecule has 0 saturated heterocycles.